The van der Waals surface area contributed by atoms with Gasteiger partial charge in [-0.25, -0.2) is 4.79 Å². The van der Waals surface area contributed by atoms with Crippen LogP contribution in [0.3, 0.4) is 0 Å². The number of likely N-dealkylation sites (tertiary alicyclic amines) is 1. The van der Waals surface area contributed by atoms with Crippen LogP contribution in [0, 0.1) is 0 Å². The van der Waals surface area contributed by atoms with E-state index in [0.717, 1.165) is 43.1 Å². The molecule has 136 valence electrons. The van der Waals surface area contributed by atoms with Crippen molar-refractivity contribution >= 4 is 17.3 Å². The Labute approximate surface area is 154 Å². The van der Waals surface area contributed by atoms with Crippen LogP contribution in [0.25, 0.3) is 11.5 Å². The Kier molecular flexibility index (Phi) is 4.85. The fourth-order valence-electron chi connectivity index (χ4n) is 3.13. The van der Waals surface area contributed by atoms with Gasteiger partial charge in [0.25, 0.3) is 0 Å². The number of rotatable bonds is 5. The molecule has 1 aliphatic heterocycles. The number of nitrogens with zero attached hydrogens (tertiary/aromatic N) is 3. The molecule has 8 heteroatoms. The molecule has 3 aromatic heterocycles. The molecule has 1 fully saturated rings. The van der Waals surface area contributed by atoms with E-state index >= 15 is 0 Å². The number of methoxy groups -OCH3 is 1. The van der Waals surface area contributed by atoms with Crippen LogP contribution in [-0.2, 0) is 11.3 Å². The van der Waals surface area contributed by atoms with Crippen molar-refractivity contribution in [3.8, 4) is 11.5 Å². The molecule has 0 atom stereocenters. The number of piperidine rings is 1. The standard InChI is InChI=1S/C18H19N3O4S/c1-23-18(22)15-3-2-14(24-15)10-21-7-4-12(5-8-21)16-19-20-17(25-16)13-6-9-26-11-13/h2-3,6,9,11-12H,4-5,7-8,10H2,1H3. The maximum Gasteiger partial charge on any atom is 0.373 e. The minimum atomic E-state index is -0.451. The van der Waals surface area contributed by atoms with E-state index in [9.17, 15) is 4.79 Å². The van der Waals surface area contributed by atoms with Crippen molar-refractivity contribution in [3.05, 3.63) is 46.4 Å². The monoisotopic (exact) mass is 373 g/mol. The van der Waals surface area contributed by atoms with Crippen LogP contribution in [-0.4, -0.2) is 41.3 Å². The first-order valence-corrected chi connectivity index (χ1v) is 9.42. The van der Waals surface area contributed by atoms with Crippen molar-refractivity contribution in [2.24, 2.45) is 0 Å². The summed E-state index contributed by atoms with van der Waals surface area (Å²) in [4.78, 5) is 13.8. The van der Waals surface area contributed by atoms with Crippen molar-refractivity contribution in [1.29, 1.82) is 0 Å². The molecule has 0 radical (unpaired) electrons. The Morgan fingerprint density at radius 2 is 2.12 bits per heavy atom. The lowest BCUT2D eigenvalue weighted by molar-refractivity contribution is 0.0560. The molecule has 0 N–H and O–H groups in total. The first-order chi connectivity index (χ1) is 12.7. The van der Waals surface area contributed by atoms with E-state index in [1.165, 1.54) is 7.11 Å². The fraction of sp³-hybridized carbons (Fsp3) is 0.389. The van der Waals surface area contributed by atoms with E-state index in [0.29, 0.717) is 12.4 Å². The van der Waals surface area contributed by atoms with Crippen LogP contribution >= 0.6 is 11.3 Å². The van der Waals surface area contributed by atoms with E-state index in [2.05, 4.69) is 19.8 Å². The number of carbonyl (C=O) groups excluding carboxylic acids is 1. The number of ether oxygens (including phenoxy) is 1. The molecule has 0 saturated carbocycles. The van der Waals surface area contributed by atoms with Gasteiger partial charge in [-0.15, -0.1) is 10.2 Å². The van der Waals surface area contributed by atoms with Gasteiger partial charge in [0.2, 0.25) is 17.5 Å². The topological polar surface area (TPSA) is 81.6 Å². The van der Waals surface area contributed by atoms with E-state index < -0.39 is 5.97 Å². The highest BCUT2D eigenvalue weighted by Crippen LogP contribution is 2.30. The SMILES string of the molecule is COC(=O)c1ccc(CN2CCC(c3nnc(-c4ccsc4)o3)CC2)o1. The normalized spacial score (nSPS) is 16.0. The molecular formula is C18H19N3O4S. The largest absolute Gasteiger partial charge is 0.463 e. The number of carbonyl (C=O) groups is 1. The highest BCUT2D eigenvalue weighted by atomic mass is 32.1. The van der Waals surface area contributed by atoms with E-state index in [-0.39, 0.29) is 11.7 Å². The molecule has 0 amide bonds. The van der Waals surface area contributed by atoms with Gasteiger partial charge >= 0.3 is 5.97 Å². The molecule has 0 unspecified atom stereocenters. The van der Waals surface area contributed by atoms with E-state index in [1.54, 1.807) is 17.4 Å². The van der Waals surface area contributed by atoms with E-state index in [4.69, 9.17) is 8.83 Å². The van der Waals surface area contributed by atoms with Gasteiger partial charge in [0.1, 0.15) is 5.76 Å². The number of aromatic nitrogens is 2. The van der Waals surface area contributed by atoms with Crippen LogP contribution in [0.2, 0.25) is 0 Å². The molecule has 0 spiro atoms. The first-order valence-electron chi connectivity index (χ1n) is 8.48. The van der Waals surface area contributed by atoms with Gasteiger partial charge in [-0.05, 0) is 49.5 Å². The van der Waals surface area contributed by atoms with Gasteiger partial charge in [0.15, 0.2) is 0 Å². The maximum absolute atomic E-state index is 11.5. The van der Waals surface area contributed by atoms with E-state index in [1.807, 2.05) is 22.9 Å². The van der Waals surface area contributed by atoms with Crippen LogP contribution in [0.1, 0.15) is 41.0 Å². The molecule has 1 aliphatic rings. The molecule has 0 bridgehead atoms. The first kappa shape index (κ1) is 17.0. The number of hydrogen-bond acceptors (Lipinski definition) is 8. The van der Waals surface area contributed by atoms with Crippen LogP contribution in [0.5, 0.6) is 0 Å². The van der Waals surface area contributed by atoms with Crippen molar-refractivity contribution in [3.63, 3.8) is 0 Å². The van der Waals surface area contributed by atoms with Crippen molar-refractivity contribution < 1.29 is 18.4 Å². The predicted octanol–water partition coefficient (Wildman–Crippen LogP) is 3.56. The highest BCUT2D eigenvalue weighted by Gasteiger charge is 2.26. The zero-order valence-corrected chi connectivity index (χ0v) is 15.2. The number of thiophene rings is 1. The average molecular weight is 373 g/mol. The smallest absolute Gasteiger partial charge is 0.373 e. The molecule has 3 aromatic rings. The number of esters is 1. The summed E-state index contributed by atoms with van der Waals surface area (Å²) in [6.07, 6.45) is 1.91. The zero-order valence-electron chi connectivity index (χ0n) is 14.4. The second-order valence-electron chi connectivity index (χ2n) is 6.27. The molecule has 1 saturated heterocycles. The minimum absolute atomic E-state index is 0.240. The molecular weight excluding hydrogens is 354 g/mol. The summed E-state index contributed by atoms with van der Waals surface area (Å²) in [6, 6.07) is 5.46. The second kappa shape index (κ2) is 7.43. The van der Waals surface area contributed by atoms with Crippen molar-refractivity contribution in [1.82, 2.24) is 15.1 Å². The van der Waals surface area contributed by atoms with Gasteiger partial charge in [-0.3, -0.25) is 4.90 Å². The van der Waals surface area contributed by atoms with Crippen LogP contribution < -0.4 is 0 Å². The molecule has 4 rings (SSSR count). The molecule has 0 aromatic carbocycles. The number of furan rings is 1. The second-order valence-corrected chi connectivity index (χ2v) is 7.05. The molecule has 26 heavy (non-hydrogen) atoms. The summed E-state index contributed by atoms with van der Waals surface area (Å²) in [6.45, 7) is 2.50. The quantitative estimate of drug-likeness (QED) is 0.633. The number of hydrogen-bond donors (Lipinski definition) is 0. The maximum atomic E-state index is 11.5. The summed E-state index contributed by atoms with van der Waals surface area (Å²) in [7, 11) is 1.34. The summed E-state index contributed by atoms with van der Waals surface area (Å²) >= 11 is 1.61. The lowest BCUT2D eigenvalue weighted by Crippen LogP contribution is -2.32. The van der Waals surface area contributed by atoms with Gasteiger partial charge in [-0.2, -0.15) is 11.3 Å². The minimum Gasteiger partial charge on any atom is -0.463 e. The molecule has 4 heterocycles. The fourth-order valence-corrected chi connectivity index (χ4v) is 3.76. The van der Waals surface area contributed by atoms with Crippen molar-refractivity contribution in [2.45, 2.75) is 25.3 Å². The van der Waals surface area contributed by atoms with Gasteiger partial charge in [0.05, 0.1) is 13.7 Å². The van der Waals surface area contributed by atoms with Crippen molar-refractivity contribution in [2.75, 3.05) is 20.2 Å². The Morgan fingerprint density at radius 3 is 2.85 bits per heavy atom. The lowest BCUT2D eigenvalue weighted by Gasteiger charge is -2.29. The van der Waals surface area contributed by atoms with Crippen LogP contribution in [0.4, 0.5) is 0 Å². The highest BCUT2D eigenvalue weighted by molar-refractivity contribution is 7.08. The Morgan fingerprint density at radius 1 is 1.27 bits per heavy atom. The predicted molar refractivity (Wildman–Crippen MR) is 94.9 cm³/mol. The Hall–Kier alpha value is -2.45. The third-order valence-corrected chi connectivity index (χ3v) is 5.26. The zero-order chi connectivity index (χ0) is 17.9. The van der Waals surface area contributed by atoms with Crippen LogP contribution in [0.15, 0.2) is 37.8 Å². The summed E-state index contributed by atoms with van der Waals surface area (Å²) in [5.74, 6) is 2.15. The third-order valence-electron chi connectivity index (χ3n) is 4.57. The average Bonchev–Trinajstić information content (AvgIpc) is 3.42. The Bertz CT molecular complexity index is 863. The molecule has 7 nitrogen and oxygen atoms in total. The van der Waals surface area contributed by atoms with Gasteiger partial charge < -0.3 is 13.6 Å². The third kappa shape index (κ3) is 3.56. The Balaban J connectivity index is 1.33. The summed E-state index contributed by atoms with van der Waals surface area (Å²) < 4.78 is 16.1. The lowest BCUT2D eigenvalue weighted by atomic mass is 9.97. The van der Waals surface area contributed by atoms with Gasteiger partial charge in [-0.1, -0.05) is 0 Å². The summed E-state index contributed by atoms with van der Waals surface area (Å²) in [5.41, 5.74) is 0.977. The van der Waals surface area contributed by atoms with Gasteiger partial charge in [0, 0.05) is 16.9 Å². The summed E-state index contributed by atoms with van der Waals surface area (Å²) in [5, 5.41) is 12.4. The molecule has 0 aliphatic carbocycles.